The predicted octanol–water partition coefficient (Wildman–Crippen LogP) is 5.08. The maximum absolute atomic E-state index is 12.8. The number of carbonyl (C=O) groups excluding carboxylic acids is 1. The Bertz CT molecular complexity index is 2110. The lowest BCUT2D eigenvalue weighted by Crippen LogP contribution is -2.58. The van der Waals surface area contributed by atoms with E-state index in [2.05, 4.69) is 10.3 Å². The predicted molar refractivity (Wildman–Crippen MR) is 267 cm³/mol. The van der Waals surface area contributed by atoms with Crippen LogP contribution in [0.5, 0.6) is 0 Å². The third-order valence-electron chi connectivity index (χ3n) is 14.2. The number of aliphatic hydroxyl groups is 5. The smallest absolute Gasteiger partial charge is 0.448 e. The summed E-state index contributed by atoms with van der Waals surface area (Å²) in [5.74, 6) is -3.67. The first kappa shape index (κ1) is 61.9. The van der Waals surface area contributed by atoms with Gasteiger partial charge in [0.25, 0.3) is 5.91 Å². The second-order valence-electron chi connectivity index (χ2n) is 20.4. The van der Waals surface area contributed by atoms with Gasteiger partial charge in [0, 0.05) is 68.3 Å². The Labute approximate surface area is 420 Å². The zero-order valence-electron chi connectivity index (χ0n) is 44.0. The number of hydrogen-bond donors (Lipinski definition) is 8. The third kappa shape index (κ3) is 16.8. The molecule has 1 spiro atoms. The Morgan fingerprint density at radius 2 is 1.72 bits per heavy atom. The summed E-state index contributed by atoms with van der Waals surface area (Å²) in [5.41, 5.74) is 1.87. The SMILES string of the molecule is COC[C@H]([C@@H](O)[C@@H](O)C(=O)N[C@@H](C)C[C@@H](C)c1nc(/C=C/C[C@H]2O[C@]3(C[C@H](O)[C@H]2C)O[C@@H]([C@@H](C[C@@H](O)[C@@H](C)[C@@H](O)[C@@H](C)/C=C(C)/C(C)=C/C=C/C(C)=C/C#N)OC)[C@@H](OP(=O)(O)O)C3(C)C)co1)N(C)C. The van der Waals surface area contributed by atoms with Gasteiger partial charge in [-0.3, -0.25) is 9.32 Å². The lowest BCUT2D eigenvalue weighted by Gasteiger charge is -2.50. The average molecular weight is 1020 g/mol. The zero-order chi connectivity index (χ0) is 53.8. The fraction of sp³-hybridized carbons (Fsp3) is 0.706. The molecule has 71 heavy (non-hydrogen) atoms. The molecule has 3 heterocycles. The number of phosphoric acid groups is 1. The molecule has 0 unspecified atom stereocenters. The minimum atomic E-state index is -5.16. The summed E-state index contributed by atoms with van der Waals surface area (Å²) in [4.78, 5) is 39.5. The van der Waals surface area contributed by atoms with E-state index >= 15 is 0 Å². The number of aliphatic hydroxyl groups excluding tert-OH is 5. The first-order valence-corrected chi connectivity index (χ1v) is 25.8. The van der Waals surface area contributed by atoms with Crippen LogP contribution in [0.1, 0.15) is 112 Å². The Hall–Kier alpha value is -3.42. The number of nitriles is 1. The molecule has 2 aliphatic rings. The molecule has 0 bridgehead atoms. The van der Waals surface area contributed by atoms with E-state index in [1.165, 1.54) is 26.6 Å². The van der Waals surface area contributed by atoms with Crippen LogP contribution in [0.3, 0.4) is 0 Å². The van der Waals surface area contributed by atoms with Crippen LogP contribution in [0.2, 0.25) is 0 Å². The summed E-state index contributed by atoms with van der Waals surface area (Å²) in [7, 11) is 1.13. The van der Waals surface area contributed by atoms with Gasteiger partial charge in [0.2, 0.25) is 0 Å². The number of methoxy groups -OCH3 is 2. The topological polar surface area (TPSA) is 287 Å². The molecule has 1 aromatic heterocycles. The van der Waals surface area contributed by atoms with Crippen LogP contribution in [0.4, 0.5) is 0 Å². The molecule has 20 heteroatoms. The van der Waals surface area contributed by atoms with E-state index in [0.29, 0.717) is 18.0 Å². The molecule has 19 nitrogen and oxygen atoms in total. The van der Waals surface area contributed by atoms with Crippen LogP contribution in [-0.2, 0) is 32.8 Å². The Balaban J connectivity index is 1.76. The highest BCUT2D eigenvalue weighted by Gasteiger charge is 2.68. The van der Waals surface area contributed by atoms with Gasteiger partial charge in [0.1, 0.15) is 30.3 Å². The number of amides is 1. The molecular formula is C51H83N4O15P. The number of phosphoric ester groups is 1. The Morgan fingerprint density at radius 1 is 1.06 bits per heavy atom. The van der Waals surface area contributed by atoms with E-state index < -0.39 is 104 Å². The van der Waals surface area contributed by atoms with E-state index in [0.717, 1.165) is 16.7 Å². The summed E-state index contributed by atoms with van der Waals surface area (Å²) < 4.78 is 48.3. The molecule has 0 radical (unpaired) electrons. The minimum absolute atomic E-state index is 0.0661. The second-order valence-corrected chi connectivity index (χ2v) is 21.6. The highest BCUT2D eigenvalue weighted by Crippen LogP contribution is 2.59. The molecule has 3 rings (SSSR count). The summed E-state index contributed by atoms with van der Waals surface area (Å²) in [6.45, 7) is 18.2. The lowest BCUT2D eigenvalue weighted by atomic mass is 9.72. The van der Waals surface area contributed by atoms with E-state index in [1.54, 1.807) is 52.8 Å². The maximum atomic E-state index is 12.8. The van der Waals surface area contributed by atoms with Crippen molar-refractivity contribution in [1.29, 1.82) is 5.26 Å². The molecule has 1 aromatic rings. The van der Waals surface area contributed by atoms with Crippen LogP contribution < -0.4 is 5.32 Å². The third-order valence-corrected chi connectivity index (χ3v) is 14.7. The van der Waals surface area contributed by atoms with Gasteiger partial charge >= 0.3 is 7.82 Å². The number of hydrogen-bond acceptors (Lipinski definition) is 16. The molecule has 2 fully saturated rings. The number of likely N-dealkylation sites (N-methyl/N-ethyl adjacent to an activating group) is 1. The molecule has 1 amide bonds. The monoisotopic (exact) mass is 1020 g/mol. The van der Waals surface area contributed by atoms with Crippen molar-refractivity contribution in [1.82, 2.24) is 15.2 Å². The van der Waals surface area contributed by atoms with Crippen LogP contribution in [0.25, 0.3) is 6.08 Å². The molecule has 8 N–H and O–H groups in total. The van der Waals surface area contributed by atoms with Crippen LogP contribution in [0.15, 0.2) is 63.9 Å². The summed E-state index contributed by atoms with van der Waals surface area (Å²) in [5, 5.41) is 67.4. The van der Waals surface area contributed by atoms with Gasteiger partial charge in [0.05, 0.1) is 49.2 Å². The number of oxazole rings is 1. The fourth-order valence-corrected chi connectivity index (χ4v) is 10.0. The van der Waals surface area contributed by atoms with Crippen molar-refractivity contribution in [2.45, 2.75) is 174 Å². The molecule has 2 aliphatic heterocycles. The number of aromatic nitrogens is 1. The quantitative estimate of drug-likeness (QED) is 0.0341. The number of rotatable bonds is 26. The van der Waals surface area contributed by atoms with Crippen LogP contribution in [-0.4, -0.2) is 159 Å². The van der Waals surface area contributed by atoms with Crippen molar-refractivity contribution in [3.05, 3.63) is 71.0 Å². The van der Waals surface area contributed by atoms with Crippen molar-refractivity contribution in [3.8, 4) is 6.07 Å². The van der Waals surface area contributed by atoms with Gasteiger partial charge < -0.3 is 68.9 Å². The van der Waals surface area contributed by atoms with E-state index in [1.807, 2.05) is 78.0 Å². The standard InChI is InChI=1S/C51H83N4O15P/c1-29(21-22-52)17-15-18-30(2)31(3)23-32(4)43(58)36(8)39(56)25-42(66-14)46-47(70-71(62,63)64)50(9,10)51(69-46)26-40(57)35(7)41(68-51)20-16-19-37-27-67-49(54-37)33(5)24-34(6)53-48(61)45(60)44(59)38(28-65-13)55(11)12/h15-19,21,23,27,32-36,38-47,56-60H,20,24-26,28H2,1-14H3,(H,53,61)(H2,62,63,64)/b17-15+,19-16+,29-21+,30-18+,31-23+/t32-,33+,34-,35+,36+,38+,39+,40-,41+,42+,43-,44+,45+,46-,47+,51+/m0/s1. The van der Waals surface area contributed by atoms with E-state index in [4.69, 9.17) is 33.2 Å². The average Bonchev–Trinajstić information content (AvgIpc) is 3.84. The van der Waals surface area contributed by atoms with Crippen molar-refractivity contribution in [2.24, 2.45) is 23.2 Å². The molecular weight excluding hydrogens is 940 g/mol. The van der Waals surface area contributed by atoms with Gasteiger partial charge in [-0.05, 0) is 71.9 Å². The molecule has 402 valence electrons. The van der Waals surface area contributed by atoms with Gasteiger partial charge in [-0.2, -0.15) is 5.26 Å². The van der Waals surface area contributed by atoms with Crippen molar-refractivity contribution in [2.75, 3.05) is 34.9 Å². The molecule has 0 aliphatic carbocycles. The summed E-state index contributed by atoms with van der Waals surface area (Å²) >= 11 is 0. The molecule has 0 saturated carbocycles. The minimum Gasteiger partial charge on any atom is -0.448 e. The second kappa shape index (κ2) is 27.2. The maximum Gasteiger partial charge on any atom is 0.469 e. The van der Waals surface area contributed by atoms with Gasteiger partial charge in [-0.25, -0.2) is 9.55 Å². The van der Waals surface area contributed by atoms with Crippen molar-refractivity contribution >= 4 is 19.8 Å². The zero-order valence-corrected chi connectivity index (χ0v) is 44.9. The largest absolute Gasteiger partial charge is 0.469 e. The summed E-state index contributed by atoms with van der Waals surface area (Å²) in [6.07, 6.45) is 4.05. The first-order valence-electron chi connectivity index (χ1n) is 24.2. The van der Waals surface area contributed by atoms with Gasteiger partial charge in [-0.1, -0.05) is 77.5 Å². The van der Waals surface area contributed by atoms with Crippen molar-refractivity contribution in [3.63, 3.8) is 0 Å². The lowest BCUT2D eigenvalue weighted by molar-refractivity contribution is -0.334. The van der Waals surface area contributed by atoms with Gasteiger partial charge in [0.15, 0.2) is 17.8 Å². The number of allylic oxidation sites excluding steroid dienone is 7. The number of carbonyl (C=O) groups is 1. The molecule has 0 aromatic carbocycles. The highest BCUT2D eigenvalue weighted by atomic mass is 31.2. The highest BCUT2D eigenvalue weighted by molar-refractivity contribution is 7.46. The van der Waals surface area contributed by atoms with E-state index in [-0.39, 0.29) is 37.7 Å². The number of nitrogens with one attached hydrogen (secondary N) is 1. The first-order chi connectivity index (χ1) is 33.0. The molecule has 16 atom stereocenters. The normalized spacial score (nSPS) is 27.8. The van der Waals surface area contributed by atoms with Gasteiger partial charge in [-0.15, -0.1) is 0 Å². The fourth-order valence-electron chi connectivity index (χ4n) is 9.34. The Kier molecular flexibility index (Phi) is 23.7. The number of nitrogens with zero attached hydrogens (tertiary/aromatic N) is 3. The van der Waals surface area contributed by atoms with Crippen LogP contribution >= 0.6 is 7.82 Å². The summed E-state index contributed by atoms with van der Waals surface area (Å²) in [6, 6.07) is 0.980. The Morgan fingerprint density at radius 3 is 2.31 bits per heavy atom. The van der Waals surface area contributed by atoms with Crippen LogP contribution in [0, 0.1) is 34.5 Å². The van der Waals surface area contributed by atoms with E-state index in [9.17, 15) is 44.7 Å². The number of ether oxygens (including phenoxy) is 4. The molecule has 2 saturated heterocycles. The van der Waals surface area contributed by atoms with Crippen molar-refractivity contribution < 1.29 is 72.6 Å².